The molecule has 0 bridgehead atoms. The van der Waals surface area contributed by atoms with Gasteiger partial charge in [-0.2, -0.15) is 0 Å². The topological polar surface area (TPSA) is 0 Å². The van der Waals surface area contributed by atoms with Crippen LogP contribution in [0.15, 0.2) is 0 Å². The van der Waals surface area contributed by atoms with E-state index in [4.69, 9.17) is 0 Å². The average molecular weight is 115 g/mol. The maximum absolute atomic E-state index is 10.8. The molecule has 0 aromatic rings. The first-order chi connectivity index (χ1) is 3.13. The van der Waals surface area contributed by atoms with Crippen LogP contribution in [-0.4, -0.2) is 12.9 Å². The quantitative estimate of drug-likeness (QED) is 0.480. The Kier molecular flexibility index (Phi) is 2.71. The van der Waals surface area contributed by atoms with Crippen molar-refractivity contribution in [1.29, 1.82) is 0 Å². The third kappa shape index (κ3) is 5.72. The number of rotatable bonds is 2. The summed E-state index contributed by atoms with van der Waals surface area (Å²) in [5, 5.41) is 0. The van der Waals surface area contributed by atoms with E-state index >= 15 is 0 Å². The van der Waals surface area contributed by atoms with Crippen LogP contribution in [0, 0.1) is 6.42 Å². The maximum atomic E-state index is 10.8. The number of hydrogen-bond acceptors (Lipinski definition) is 0. The van der Waals surface area contributed by atoms with Crippen molar-refractivity contribution in [3.63, 3.8) is 0 Å². The van der Waals surface area contributed by atoms with Gasteiger partial charge in [-0.3, -0.25) is 0 Å². The average Bonchev–Trinajstić information content (AvgIpc) is 1.27. The molecule has 0 rings (SSSR count). The molecule has 7 heavy (non-hydrogen) atoms. The summed E-state index contributed by atoms with van der Waals surface area (Å²) in [4.78, 5) is 0. The smallest absolute Gasteiger partial charge is 0.210 e. The number of hydrogen-bond donors (Lipinski definition) is 0. The van der Waals surface area contributed by atoms with Crippen LogP contribution in [0.2, 0.25) is 0 Å². The predicted molar refractivity (Wildman–Crippen MR) is 16.3 cm³/mol. The van der Waals surface area contributed by atoms with Crippen molar-refractivity contribution in [2.45, 2.75) is 12.9 Å². The third-order valence-corrected chi connectivity index (χ3v) is 0.291. The second kappa shape index (κ2) is 2.82. The molecular weight excluding hydrogens is 112 g/mol. The van der Waals surface area contributed by atoms with E-state index in [2.05, 4.69) is 0 Å². The molecule has 0 nitrogen and oxygen atoms in total. The lowest BCUT2D eigenvalue weighted by Crippen LogP contribution is -1.99. The van der Waals surface area contributed by atoms with Crippen LogP contribution in [0.4, 0.5) is 17.6 Å². The van der Waals surface area contributed by atoms with Crippen molar-refractivity contribution in [3.8, 4) is 0 Å². The van der Waals surface area contributed by atoms with Gasteiger partial charge in [0.1, 0.15) is 0 Å². The fraction of sp³-hybridized carbons (Fsp3) is 0.667. The van der Waals surface area contributed by atoms with Gasteiger partial charge in [-0.25, -0.2) is 17.6 Å². The zero-order valence-corrected chi connectivity index (χ0v) is 3.24. The molecule has 4 heteroatoms. The molecule has 0 saturated carbocycles. The van der Waals surface area contributed by atoms with Gasteiger partial charge in [-0.05, 0) is 0 Å². The highest BCUT2D eigenvalue weighted by atomic mass is 19.3. The van der Waals surface area contributed by atoms with Gasteiger partial charge < -0.3 is 0 Å². The van der Waals surface area contributed by atoms with Gasteiger partial charge in [-0.1, -0.05) is 0 Å². The van der Waals surface area contributed by atoms with E-state index in [1.54, 1.807) is 0 Å². The highest BCUT2D eigenvalue weighted by Crippen LogP contribution is 2.05. The molecule has 0 aromatic carbocycles. The third-order valence-electron chi connectivity index (χ3n) is 0.291. The van der Waals surface area contributed by atoms with Gasteiger partial charge in [0.15, 0.2) is 0 Å². The van der Waals surface area contributed by atoms with Crippen molar-refractivity contribution in [2.24, 2.45) is 0 Å². The fourth-order valence-electron chi connectivity index (χ4n) is 0.110. The Balaban J connectivity index is 2.95. The molecule has 0 unspecified atom stereocenters. The molecule has 43 valence electrons. The molecule has 0 aliphatic heterocycles. The first-order valence-electron chi connectivity index (χ1n) is 1.54. The van der Waals surface area contributed by atoms with E-state index in [1.165, 1.54) is 0 Å². The van der Waals surface area contributed by atoms with Crippen LogP contribution >= 0.6 is 0 Å². The monoisotopic (exact) mass is 115 g/mol. The first-order valence-corrected chi connectivity index (χ1v) is 1.54. The fourth-order valence-corrected chi connectivity index (χ4v) is 0.110. The van der Waals surface area contributed by atoms with Gasteiger partial charge in [0.25, 0.3) is 0 Å². The summed E-state index contributed by atoms with van der Waals surface area (Å²) in [6, 6.07) is 0. The van der Waals surface area contributed by atoms with Crippen molar-refractivity contribution >= 4 is 0 Å². The van der Waals surface area contributed by atoms with E-state index < -0.39 is 12.9 Å². The van der Waals surface area contributed by atoms with Crippen LogP contribution in [-0.2, 0) is 0 Å². The van der Waals surface area contributed by atoms with Crippen LogP contribution in [0.25, 0.3) is 0 Å². The summed E-state index contributed by atoms with van der Waals surface area (Å²) in [6.45, 7) is 0. The molecular formula is C3H3F4. The maximum Gasteiger partial charge on any atom is 0.247 e. The van der Waals surface area contributed by atoms with Crippen LogP contribution < -0.4 is 0 Å². The molecule has 0 atom stereocenters. The zero-order valence-electron chi connectivity index (χ0n) is 3.24. The van der Waals surface area contributed by atoms with Gasteiger partial charge in [0, 0.05) is 0 Å². The van der Waals surface area contributed by atoms with Gasteiger partial charge in [0.05, 0.1) is 6.42 Å². The summed E-state index contributed by atoms with van der Waals surface area (Å²) < 4.78 is 43.0. The van der Waals surface area contributed by atoms with E-state index in [-0.39, 0.29) is 6.42 Å². The Morgan fingerprint density at radius 1 is 0.857 bits per heavy atom. The summed E-state index contributed by atoms with van der Waals surface area (Å²) in [5.41, 5.74) is 0. The standard InChI is InChI=1S/C3H3F4/c4-2(5)1-3(6)7/h1-3H. The molecule has 0 aliphatic carbocycles. The number of alkyl halides is 4. The molecule has 0 fully saturated rings. The molecule has 0 heterocycles. The van der Waals surface area contributed by atoms with E-state index in [9.17, 15) is 17.6 Å². The Morgan fingerprint density at radius 2 is 1.14 bits per heavy atom. The van der Waals surface area contributed by atoms with Crippen LogP contribution in [0.5, 0.6) is 0 Å². The van der Waals surface area contributed by atoms with Crippen molar-refractivity contribution in [3.05, 3.63) is 6.42 Å². The second-order valence-corrected chi connectivity index (χ2v) is 0.861. The van der Waals surface area contributed by atoms with Gasteiger partial charge in [0.2, 0.25) is 12.9 Å². The first kappa shape index (κ1) is 6.72. The highest BCUT2D eigenvalue weighted by molar-refractivity contribution is 4.68. The highest BCUT2D eigenvalue weighted by Gasteiger charge is 2.11. The molecule has 0 saturated heterocycles. The summed E-state index contributed by atoms with van der Waals surface area (Å²) in [7, 11) is 0. The second-order valence-electron chi connectivity index (χ2n) is 0.861. The lowest BCUT2D eigenvalue weighted by atomic mass is 10.5. The Labute approximate surface area is 38.1 Å². The minimum atomic E-state index is -3.00. The lowest BCUT2D eigenvalue weighted by molar-refractivity contribution is 0.105. The molecule has 0 aliphatic rings. The molecule has 1 radical (unpaired) electrons. The van der Waals surface area contributed by atoms with Gasteiger partial charge in [-0.15, -0.1) is 0 Å². The molecule has 0 spiro atoms. The van der Waals surface area contributed by atoms with Crippen LogP contribution in [0.3, 0.4) is 0 Å². The zero-order chi connectivity index (χ0) is 5.86. The lowest BCUT2D eigenvalue weighted by Gasteiger charge is -1.92. The Bertz CT molecular complexity index is 36.2. The van der Waals surface area contributed by atoms with E-state index in [0.717, 1.165) is 0 Å². The predicted octanol–water partition coefficient (Wildman–Crippen LogP) is 1.72. The van der Waals surface area contributed by atoms with Crippen molar-refractivity contribution < 1.29 is 17.6 Å². The van der Waals surface area contributed by atoms with Crippen molar-refractivity contribution in [1.82, 2.24) is 0 Å². The summed E-state index contributed by atoms with van der Waals surface area (Å²) in [6.07, 6.45) is -6.33. The molecule has 0 N–H and O–H groups in total. The van der Waals surface area contributed by atoms with Crippen LogP contribution in [0.1, 0.15) is 0 Å². The largest absolute Gasteiger partial charge is 0.247 e. The number of halogens is 4. The van der Waals surface area contributed by atoms with Gasteiger partial charge >= 0.3 is 0 Å². The summed E-state index contributed by atoms with van der Waals surface area (Å²) in [5.74, 6) is 0. The molecule has 0 aromatic heterocycles. The normalized spacial score (nSPS) is 11.1. The van der Waals surface area contributed by atoms with E-state index in [0.29, 0.717) is 0 Å². The minimum absolute atomic E-state index is 0.333. The Hall–Kier alpha value is -0.280. The summed E-state index contributed by atoms with van der Waals surface area (Å²) >= 11 is 0. The SMILES string of the molecule is FC(F)[CH]C(F)F. The Morgan fingerprint density at radius 3 is 1.14 bits per heavy atom. The minimum Gasteiger partial charge on any atom is -0.210 e. The van der Waals surface area contributed by atoms with Crippen molar-refractivity contribution in [2.75, 3.05) is 0 Å². The molecule has 0 amide bonds. The van der Waals surface area contributed by atoms with E-state index in [1.807, 2.05) is 0 Å².